The minimum absolute atomic E-state index is 0.219. The lowest BCUT2D eigenvalue weighted by atomic mass is 10.1. The summed E-state index contributed by atoms with van der Waals surface area (Å²) < 4.78 is 5.14. The second-order valence-electron chi connectivity index (χ2n) is 7.76. The summed E-state index contributed by atoms with van der Waals surface area (Å²) in [5, 5.41) is 3.64. The Labute approximate surface area is 187 Å². The molecule has 160 valence electrons. The minimum atomic E-state index is -0.219. The first-order chi connectivity index (χ1) is 15.0. The van der Waals surface area contributed by atoms with E-state index in [9.17, 15) is 4.79 Å². The molecule has 0 radical (unpaired) electrons. The van der Waals surface area contributed by atoms with Crippen molar-refractivity contribution >= 4 is 23.2 Å². The number of hydrogen-bond donors (Lipinski definition) is 1. The number of carbonyl (C=O) groups is 1. The molecule has 6 nitrogen and oxygen atoms in total. The van der Waals surface area contributed by atoms with Crippen molar-refractivity contribution in [2.24, 2.45) is 0 Å². The zero-order valence-electron chi connectivity index (χ0n) is 17.6. The highest BCUT2D eigenvalue weighted by atomic mass is 35.5. The van der Waals surface area contributed by atoms with Gasteiger partial charge < -0.3 is 10.1 Å². The summed E-state index contributed by atoms with van der Waals surface area (Å²) in [6.07, 6.45) is 2.63. The zero-order chi connectivity index (χ0) is 21.8. The molecule has 1 aliphatic heterocycles. The maximum Gasteiger partial charge on any atom is 0.259 e. The predicted molar refractivity (Wildman–Crippen MR) is 122 cm³/mol. The Bertz CT molecular complexity index is 1070. The summed E-state index contributed by atoms with van der Waals surface area (Å²) in [5.74, 6) is 1.58. The van der Waals surface area contributed by atoms with Gasteiger partial charge in [-0.3, -0.25) is 9.69 Å². The van der Waals surface area contributed by atoms with E-state index in [1.54, 1.807) is 37.6 Å². The second kappa shape index (κ2) is 9.45. The fraction of sp³-hybridized carbons (Fsp3) is 0.292. The third-order valence-electron chi connectivity index (χ3n) is 5.52. The number of benzene rings is 2. The van der Waals surface area contributed by atoms with Crippen LogP contribution in [0, 0.1) is 6.92 Å². The molecular formula is C24H25ClN4O2. The Morgan fingerprint density at radius 3 is 2.77 bits per heavy atom. The van der Waals surface area contributed by atoms with E-state index < -0.39 is 0 Å². The number of ether oxygens (including phenoxy) is 1. The number of hydrogen-bond acceptors (Lipinski definition) is 5. The van der Waals surface area contributed by atoms with E-state index in [-0.39, 0.29) is 11.8 Å². The van der Waals surface area contributed by atoms with Crippen molar-refractivity contribution in [2.45, 2.75) is 25.8 Å². The number of likely N-dealkylation sites (tertiary alicyclic amines) is 1. The lowest BCUT2D eigenvalue weighted by Crippen LogP contribution is -2.21. The normalized spacial score (nSPS) is 16.3. The van der Waals surface area contributed by atoms with Crippen LogP contribution in [0.2, 0.25) is 5.02 Å². The van der Waals surface area contributed by atoms with E-state index in [0.717, 1.165) is 42.7 Å². The van der Waals surface area contributed by atoms with Gasteiger partial charge in [0.25, 0.3) is 5.91 Å². The van der Waals surface area contributed by atoms with Gasteiger partial charge in [-0.2, -0.15) is 0 Å². The maximum absolute atomic E-state index is 12.7. The molecule has 0 spiro atoms. The van der Waals surface area contributed by atoms with Gasteiger partial charge >= 0.3 is 0 Å². The van der Waals surface area contributed by atoms with Gasteiger partial charge in [-0.25, -0.2) is 9.97 Å². The summed E-state index contributed by atoms with van der Waals surface area (Å²) in [4.78, 5) is 24.2. The highest BCUT2D eigenvalue weighted by molar-refractivity contribution is 6.30. The molecule has 1 saturated heterocycles. The van der Waals surface area contributed by atoms with Crippen LogP contribution in [0.4, 0.5) is 5.69 Å². The van der Waals surface area contributed by atoms with Crippen molar-refractivity contribution in [3.63, 3.8) is 0 Å². The molecule has 1 amide bonds. The Morgan fingerprint density at radius 1 is 1.26 bits per heavy atom. The number of anilines is 1. The van der Waals surface area contributed by atoms with E-state index in [1.807, 2.05) is 25.1 Å². The summed E-state index contributed by atoms with van der Waals surface area (Å²) in [7, 11) is 1.61. The van der Waals surface area contributed by atoms with Crippen molar-refractivity contribution in [3.8, 4) is 5.75 Å². The highest BCUT2D eigenvalue weighted by Gasteiger charge is 2.27. The Morgan fingerprint density at radius 2 is 2.06 bits per heavy atom. The monoisotopic (exact) mass is 436 g/mol. The third kappa shape index (κ3) is 5.21. The third-order valence-corrected chi connectivity index (χ3v) is 5.76. The van der Waals surface area contributed by atoms with E-state index in [4.69, 9.17) is 16.3 Å². The number of methoxy groups -OCH3 is 1. The van der Waals surface area contributed by atoms with Crippen molar-refractivity contribution in [1.29, 1.82) is 0 Å². The molecule has 3 aromatic rings. The standard InChI is InChI=1S/C24H25ClN4O2/c1-16-22(24(30)28-20-6-8-21(31-2)9-7-20)13-26-23(27-16)18-10-11-29(15-18)14-17-4-3-5-19(25)12-17/h3-9,12-13,18H,10-11,14-15H2,1-2H3,(H,28,30)/t18-/m1/s1. The smallest absolute Gasteiger partial charge is 0.259 e. The van der Waals surface area contributed by atoms with Gasteiger partial charge in [0.2, 0.25) is 0 Å². The Balaban J connectivity index is 1.39. The fourth-order valence-corrected chi connectivity index (χ4v) is 4.07. The van der Waals surface area contributed by atoms with Crippen molar-refractivity contribution in [3.05, 3.63) is 82.4 Å². The number of nitrogens with zero attached hydrogens (tertiary/aromatic N) is 3. The molecule has 1 fully saturated rings. The first-order valence-corrected chi connectivity index (χ1v) is 10.7. The van der Waals surface area contributed by atoms with Crippen LogP contribution in [0.15, 0.2) is 54.7 Å². The topological polar surface area (TPSA) is 67.3 Å². The van der Waals surface area contributed by atoms with Crippen LogP contribution in [0.5, 0.6) is 5.75 Å². The lowest BCUT2D eigenvalue weighted by molar-refractivity contribution is 0.102. The Hall–Kier alpha value is -2.96. The van der Waals surface area contributed by atoms with E-state index in [1.165, 1.54) is 5.56 Å². The molecule has 7 heteroatoms. The number of aryl methyl sites for hydroxylation is 1. The first kappa shape index (κ1) is 21.3. The molecule has 1 atom stereocenters. The van der Waals surface area contributed by atoms with Gasteiger partial charge in [0, 0.05) is 35.9 Å². The second-order valence-corrected chi connectivity index (χ2v) is 8.20. The fourth-order valence-electron chi connectivity index (χ4n) is 3.86. The molecule has 1 aromatic heterocycles. The molecule has 0 bridgehead atoms. The number of carbonyl (C=O) groups excluding carboxylic acids is 1. The summed E-state index contributed by atoms with van der Waals surface area (Å²) >= 11 is 6.10. The van der Waals surface area contributed by atoms with Gasteiger partial charge in [0.05, 0.1) is 18.4 Å². The molecule has 0 aliphatic carbocycles. The molecule has 0 unspecified atom stereocenters. The molecule has 31 heavy (non-hydrogen) atoms. The first-order valence-electron chi connectivity index (χ1n) is 10.3. The number of aromatic nitrogens is 2. The van der Waals surface area contributed by atoms with Crippen LogP contribution in [0.25, 0.3) is 0 Å². The van der Waals surface area contributed by atoms with Crippen LogP contribution >= 0.6 is 11.6 Å². The van der Waals surface area contributed by atoms with Gasteiger partial charge in [-0.15, -0.1) is 0 Å². The largest absolute Gasteiger partial charge is 0.497 e. The SMILES string of the molecule is COc1ccc(NC(=O)c2cnc([C@@H]3CCN(Cc4cccc(Cl)c4)C3)nc2C)cc1. The van der Waals surface area contributed by atoms with Gasteiger partial charge in [0.1, 0.15) is 11.6 Å². The van der Waals surface area contributed by atoms with Crippen LogP contribution in [0.1, 0.15) is 39.8 Å². The molecule has 0 saturated carbocycles. The van der Waals surface area contributed by atoms with Crippen molar-refractivity contribution < 1.29 is 9.53 Å². The molecule has 1 aliphatic rings. The van der Waals surface area contributed by atoms with Crippen LogP contribution in [-0.4, -0.2) is 41.0 Å². The van der Waals surface area contributed by atoms with E-state index in [0.29, 0.717) is 16.9 Å². The number of halogens is 1. The summed E-state index contributed by atoms with van der Waals surface area (Å²) in [6.45, 7) is 4.59. The summed E-state index contributed by atoms with van der Waals surface area (Å²) in [6, 6.07) is 15.2. The van der Waals surface area contributed by atoms with Gasteiger partial charge in [-0.1, -0.05) is 23.7 Å². The maximum atomic E-state index is 12.7. The number of amides is 1. The quantitative estimate of drug-likeness (QED) is 0.607. The average Bonchev–Trinajstić information content (AvgIpc) is 3.22. The minimum Gasteiger partial charge on any atom is -0.497 e. The molecule has 4 rings (SSSR count). The predicted octanol–water partition coefficient (Wildman–Crippen LogP) is 4.69. The molecule has 2 heterocycles. The Kier molecular flexibility index (Phi) is 6.49. The van der Waals surface area contributed by atoms with Crippen LogP contribution < -0.4 is 10.1 Å². The van der Waals surface area contributed by atoms with Gasteiger partial charge in [-0.05, 0) is 61.9 Å². The number of rotatable bonds is 6. The zero-order valence-corrected chi connectivity index (χ0v) is 18.4. The van der Waals surface area contributed by atoms with E-state index in [2.05, 4.69) is 26.3 Å². The van der Waals surface area contributed by atoms with Gasteiger partial charge in [0.15, 0.2) is 0 Å². The average molecular weight is 437 g/mol. The molecular weight excluding hydrogens is 412 g/mol. The van der Waals surface area contributed by atoms with Crippen molar-refractivity contribution in [1.82, 2.24) is 14.9 Å². The molecule has 1 N–H and O–H groups in total. The number of nitrogens with one attached hydrogen (secondary N) is 1. The van der Waals surface area contributed by atoms with E-state index >= 15 is 0 Å². The van der Waals surface area contributed by atoms with Crippen molar-refractivity contribution in [2.75, 3.05) is 25.5 Å². The van der Waals surface area contributed by atoms with Crippen LogP contribution in [-0.2, 0) is 6.54 Å². The molecule has 2 aromatic carbocycles. The highest BCUT2D eigenvalue weighted by Crippen LogP contribution is 2.27. The van der Waals surface area contributed by atoms with Crippen LogP contribution in [0.3, 0.4) is 0 Å². The summed E-state index contributed by atoms with van der Waals surface area (Å²) in [5.41, 5.74) is 3.06. The lowest BCUT2D eigenvalue weighted by Gasteiger charge is -2.16.